The molecule has 0 aromatic carbocycles. The van der Waals surface area contributed by atoms with Crippen LogP contribution in [-0.4, -0.2) is 0 Å². The molecule has 0 heteroatoms. The molecule has 0 aliphatic heterocycles. The molecule has 0 spiro atoms. The number of hydrogen-bond acceptors (Lipinski definition) is 0. The van der Waals surface area contributed by atoms with Crippen molar-refractivity contribution in [2.24, 2.45) is 11.3 Å². The zero-order valence-electron chi connectivity index (χ0n) is 7.23. The summed E-state index contributed by atoms with van der Waals surface area (Å²) in [5.74, 6) is 0.730. The minimum absolute atomic E-state index is 0.370. The van der Waals surface area contributed by atoms with E-state index in [4.69, 9.17) is 0 Å². The topological polar surface area (TPSA) is 0 Å². The summed E-state index contributed by atoms with van der Waals surface area (Å²) < 4.78 is 0. The van der Waals surface area contributed by atoms with E-state index in [2.05, 4.69) is 46.8 Å². The van der Waals surface area contributed by atoms with E-state index in [0.717, 1.165) is 5.92 Å². The van der Waals surface area contributed by atoms with Gasteiger partial charge in [0.2, 0.25) is 0 Å². The molecule has 0 aliphatic carbocycles. The Kier molecular flexibility index (Phi) is 2.96. The predicted molar refractivity (Wildman–Crippen MR) is 43.4 cm³/mol. The quantitative estimate of drug-likeness (QED) is 0.498. The van der Waals surface area contributed by atoms with E-state index in [0.29, 0.717) is 5.41 Å². The highest BCUT2D eigenvalue weighted by atomic mass is 14.2. The maximum absolute atomic E-state index is 2.26. The summed E-state index contributed by atoms with van der Waals surface area (Å²) >= 11 is 0. The van der Waals surface area contributed by atoms with Crippen molar-refractivity contribution in [1.82, 2.24) is 0 Å². The van der Waals surface area contributed by atoms with Crippen LogP contribution in [0, 0.1) is 11.3 Å². The maximum atomic E-state index is 2.26. The second-order valence-electron chi connectivity index (χ2n) is 3.48. The van der Waals surface area contributed by atoms with Gasteiger partial charge in [-0.3, -0.25) is 0 Å². The molecule has 0 aliphatic rings. The molecule has 0 aromatic heterocycles. The van der Waals surface area contributed by atoms with E-state index in [9.17, 15) is 0 Å². The molecular formula is C9H18. The van der Waals surface area contributed by atoms with Crippen LogP contribution >= 0.6 is 0 Å². The maximum Gasteiger partial charge on any atom is -0.0152 e. The molecule has 0 nitrogen and oxygen atoms in total. The van der Waals surface area contributed by atoms with Crippen LogP contribution < -0.4 is 0 Å². The van der Waals surface area contributed by atoms with E-state index < -0.39 is 0 Å². The summed E-state index contributed by atoms with van der Waals surface area (Å²) in [5, 5.41) is 0. The van der Waals surface area contributed by atoms with E-state index in [1.165, 1.54) is 0 Å². The Morgan fingerprint density at radius 1 is 1.22 bits per heavy atom. The smallest absolute Gasteiger partial charge is 0.0152 e. The molecule has 0 amide bonds. The van der Waals surface area contributed by atoms with Crippen LogP contribution in [0.15, 0.2) is 12.2 Å². The van der Waals surface area contributed by atoms with Gasteiger partial charge in [-0.25, -0.2) is 0 Å². The normalized spacial score (nSPS) is 13.6. The van der Waals surface area contributed by atoms with Gasteiger partial charge < -0.3 is 0 Å². The first-order chi connectivity index (χ1) is 4.00. The number of allylic oxidation sites excluding steroid dienone is 2. The van der Waals surface area contributed by atoms with E-state index in [1.54, 1.807) is 0 Å². The van der Waals surface area contributed by atoms with Gasteiger partial charge in [0, 0.05) is 0 Å². The van der Waals surface area contributed by atoms with E-state index >= 15 is 0 Å². The van der Waals surface area contributed by atoms with E-state index in [1.807, 2.05) is 0 Å². The van der Waals surface area contributed by atoms with Gasteiger partial charge in [0.15, 0.2) is 0 Å². The SMILES string of the molecule is C/C=C/C(C)(C)C(C)C. The fraction of sp³-hybridized carbons (Fsp3) is 0.778. The second kappa shape index (κ2) is 3.05. The van der Waals surface area contributed by atoms with Gasteiger partial charge in [-0.05, 0) is 18.3 Å². The predicted octanol–water partition coefficient (Wildman–Crippen LogP) is 3.24. The highest BCUT2D eigenvalue weighted by Gasteiger charge is 2.17. The van der Waals surface area contributed by atoms with Crippen molar-refractivity contribution in [3.05, 3.63) is 12.2 Å². The molecule has 0 radical (unpaired) electrons. The molecular weight excluding hydrogens is 108 g/mol. The average molecular weight is 126 g/mol. The fourth-order valence-electron chi connectivity index (χ4n) is 0.622. The van der Waals surface area contributed by atoms with Gasteiger partial charge in [0.25, 0.3) is 0 Å². The molecule has 0 saturated heterocycles. The summed E-state index contributed by atoms with van der Waals surface area (Å²) in [4.78, 5) is 0. The Morgan fingerprint density at radius 3 is 1.78 bits per heavy atom. The molecule has 0 rings (SSSR count). The van der Waals surface area contributed by atoms with Crippen LogP contribution in [0.1, 0.15) is 34.6 Å². The van der Waals surface area contributed by atoms with Gasteiger partial charge in [0.1, 0.15) is 0 Å². The molecule has 0 N–H and O–H groups in total. The lowest BCUT2D eigenvalue weighted by Crippen LogP contribution is -2.15. The van der Waals surface area contributed by atoms with Crippen molar-refractivity contribution in [3.8, 4) is 0 Å². The van der Waals surface area contributed by atoms with Crippen LogP contribution in [0.2, 0.25) is 0 Å². The monoisotopic (exact) mass is 126 g/mol. The third kappa shape index (κ3) is 2.69. The number of hydrogen-bond donors (Lipinski definition) is 0. The molecule has 0 aromatic rings. The number of rotatable bonds is 2. The van der Waals surface area contributed by atoms with Crippen molar-refractivity contribution in [3.63, 3.8) is 0 Å². The first-order valence-corrected chi connectivity index (χ1v) is 3.64. The zero-order valence-corrected chi connectivity index (χ0v) is 7.23. The van der Waals surface area contributed by atoms with Crippen molar-refractivity contribution in [2.75, 3.05) is 0 Å². The van der Waals surface area contributed by atoms with Crippen LogP contribution in [0.25, 0.3) is 0 Å². The first kappa shape index (κ1) is 8.74. The molecule has 0 heterocycles. The summed E-state index contributed by atoms with van der Waals surface area (Å²) in [6, 6.07) is 0. The van der Waals surface area contributed by atoms with Crippen molar-refractivity contribution < 1.29 is 0 Å². The summed E-state index contributed by atoms with van der Waals surface area (Å²) in [7, 11) is 0. The standard InChI is InChI=1S/C9H18/c1-6-7-9(4,5)8(2)3/h6-8H,1-5H3/b7-6+. The van der Waals surface area contributed by atoms with Crippen LogP contribution in [-0.2, 0) is 0 Å². The lowest BCUT2D eigenvalue weighted by atomic mass is 9.81. The zero-order chi connectivity index (χ0) is 7.49. The Hall–Kier alpha value is -0.260. The van der Waals surface area contributed by atoms with Crippen LogP contribution in [0.5, 0.6) is 0 Å². The minimum Gasteiger partial charge on any atom is -0.0911 e. The fourth-order valence-corrected chi connectivity index (χ4v) is 0.622. The summed E-state index contributed by atoms with van der Waals surface area (Å²) in [6.45, 7) is 11.1. The summed E-state index contributed by atoms with van der Waals surface area (Å²) in [5.41, 5.74) is 0.370. The van der Waals surface area contributed by atoms with Gasteiger partial charge >= 0.3 is 0 Å². The molecule has 54 valence electrons. The van der Waals surface area contributed by atoms with Crippen LogP contribution in [0.4, 0.5) is 0 Å². The third-order valence-electron chi connectivity index (χ3n) is 2.08. The van der Waals surface area contributed by atoms with Gasteiger partial charge in [-0.1, -0.05) is 39.8 Å². The largest absolute Gasteiger partial charge is 0.0911 e. The lowest BCUT2D eigenvalue weighted by Gasteiger charge is -2.24. The Morgan fingerprint density at radius 2 is 1.67 bits per heavy atom. The Labute approximate surface area is 59.0 Å². The average Bonchev–Trinajstić information content (AvgIpc) is 1.65. The van der Waals surface area contributed by atoms with Crippen molar-refractivity contribution in [2.45, 2.75) is 34.6 Å². The van der Waals surface area contributed by atoms with Gasteiger partial charge in [0.05, 0.1) is 0 Å². The molecule has 0 fully saturated rings. The molecule has 0 atom stereocenters. The summed E-state index contributed by atoms with van der Waals surface area (Å²) in [6.07, 6.45) is 4.39. The lowest BCUT2D eigenvalue weighted by molar-refractivity contribution is 0.333. The highest BCUT2D eigenvalue weighted by Crippen LogP contribution is 2.26. The Bertz CT molecular complexity index is 96.6. The van der Waals surface area contributed by atoms with Crippen LogP contribution in [0.3, 0.4) is 0 Å². The minimum atomic E-state index is 0.370. The highest BCUT2D eigenvalue weighted by molar-refractivity contribution is 4.94. The third-order valence-corrected chi connectivity index (χ3v) is 2.08. The molecule has 0 bridgehead atoms. The molecule has 0 saturated carbocycles. The van der Waals surface area contributed by atoms with E-state index in [-0.39, 0.29) is 0 Å². The second-order valence-corrected chi connectivity index (χ2v) is 3.48. The van der Waals surface area contributed by atoms with Crippen molar-refractivity contribution in [1.29, 1.82) is 0 Å². The Balaban J connectivity index is 4.01. The first-order valence-electron chi connectivity index (χ1n) is 3.64. The van der Waals surface area contributed by atoms with Gasteiger partial charge in [-0.15, -0.1) is 0 Å². The molecule has 9 heavy (non-hydrogen) atoms. The van der Waals surface area contributed by atoms with Gasteiger partial charge in [-0.2, -0.15) is 0 Å². The van der Waals surface area contributed by atoms with Crippen molar-refractivity contribution >= 4 is 0 Å². The molecule has 0 unspecified atom stereocenters.